The number of nitrogens with one attached hydrogen (secondary N) is 1. The van der Waals surface area contributed by atoms with Crippen LogP contribution >= 0.6 is 0 Å². The van der Waals surface area contributed by atoms with Crippen LogP contribution in [0.4, 0.5) is 5.69 Å². The van der Waals surface area contributed by atoms with E-state index in [9.17, 15) is 0 Å². The van der Waals surface area contributed by atoms with Crippen LogP contribution in [-0.2, 0) is 6.54 Å². The Morgan fingerprint density at radius 1 is 1.50 bits per heavy atom. The Balaban J connectivity index is 2.08. The van der Waals surface area contributed by atoms with Gasteiger partial charge in [-0.05, 0) is 30.9 Å². The predicted octanol–water partition coefficient (Wildman–Crippen LogP) is 2.67. The molecular formula is C15H25N3. The van der Waals surface area contributed by atoms with Gasteiger partial charge in [-0.15, -0.1) is 0 Å². The lowest BCUT2D eigenvalue weighted by molar-refractivity contribution is 0.422. The Hall–Kier alpha value is -1.09. The molecule has 1 aliphatic heterocycles. The van der Waals surface area contributed by atoms with Crippen molar-refractivity contribution in [3.63, 3.8) is 0 Å². The zero-order valence-corrected chi connectivity index (χ0v) is 11.8. The summed E-state index contributed by atoms with van der Waals surface area (Å²) >= 11 is 0. The smallest absolute Gasteiger partial charge is 0.0442 e. The summed E-state index contributed by atoms with van der Waals surface area (Å²) in [6, 6.07) is 2.16. The topological polar surface area (TPSA) is 28.2 Å². The van der Waals surface area contributed by atoms with Crippen LogP contribution in [0.2, 0.25) is 0 Å². The average Bonchev–Trinajstić information content (AvgIpc) is 2.86. The first-order valence-corrected chi connectivity index (χ1v) is 7.11. The van der Waals surface area contributed by atoms with E-state index in [0.717, 1.165) is 24.9 Å². The molecule has 1 unspecified atom stereocenters. The summed E-state index contributed by atoms with van der Waals surface area (Å²) in [5.41, 5.74) is 2.69. The monoisotopic (exact) mass is 247 g/mol. The lowest BCUT2D eigenvalue weighted by Crippen LogP contribution is -2.24. The van der Waals surface area contributed by atoms with Crippen LogP contribution in [0.1, 0.15) is 32.8 Å². The van der Waals surface area contributed by atoms with E-state index in [0.29, 0.717) is 0 Å². The van der Waals surface area contributed by atoms with E-state index in [-0.39, 0.29) is 0 Å². The Labute approximate surface area is 111 Å². The molecule has 3 nitrogen and oxygen atoms in total. The molecule has 1 aliphatic rings. The van der Waals surface area contributed by atoms with Crippen LogP contribution in [0.15, 0.2) is 18.5 Å². The van der Waals surface area contributed by atoms with Crippen LogP contribution in [-0.4, -0.2) is 24.6 Å². The Morgan fingerprint density at radius 2 is 2.33 bits per heavy atom. The maximum absolute atomic E-state index is 4.26. The van der Waals surface area contributed by atoms with E-state index in [4.69, 9.17) is 0 Å². The molecule has 0 amide bonds. The van der Waals surface area contributed by atoms with Crippen molar-refractivity contribution in [1.29, 1.82) is 0 Å². The molecule has 18 heavy (non-hydrogen) atoms. The third-order valence-corrected chi connectivity index (χ3v) is 3.95. The zero-order chi connectivity index (χ0) is 13.0. The van der Waals surface area contributed by atoms with Gasteiger partial charge in [0.1, 0.15) is 0 Å². The van der Waals surface area contributed by atoms with Gasteiger partial charge in [0.15, 0.2) is 0 Å². The second kappa shape index (κ2) is 6.19. The first kappa shape index (κ1) is 13.3. The van der Waals surface area contributed by atoms with Crippen molar-refractivity contribution >= 4 is 5.69 Å². The number of pyridine rings is 1. The largest absolute Gasteiger partial charge is 0.371 e. The molecule has 1 fully saturated rings. The van der Waals surface area contributed by atoms with Crippen molar-refractivity contribution < 1.29 is 0 Å². The van der Waals surface area contributed by atoms with Gasteiger partial charge < -0.3 is 10.2 Å². The molecule has 0 aromatic carbocycles. The van der Waals surface area contributed by atoms with E-state index in [2.05, 4.69) is 42.0 Å². The zero-order valence-electron chi connectivity index (χ0n) is 11.8. The number of aromatic nitrogens is 1. The van der Waals surface area contributed by atoms with Crippen LogP contribution in [0.5, 0.6) is 0 Å². The second-order valence-electron chi connectivity index (χ2n) is 5.52. The second-order valence-corrected chi connectivity index (χ2v) is 5.52. The van der Waals surface area contributed by atoms with Gasteiger partial charge in [0.2, 0.25) is 0 Å². The van der Waals surface area contributed by atoms with Gasteiger partial charge in [-0.1, -0.05) is 20.8 Å². The summed E-state index contributed by atoms with van der Waals surface area (Å²) in [5, 5.41) is 3.40. The van der Waals surface area contributed by atoms with E-state index in [1.165, 1.54) is 30.8 Å². The van der Waals surface area contributed by atoms with Gasteiger partial charge >= 0.3 is 0 Å². The standard InChI is InChI=1S/C15H25N3/c1-4-16-9-14-10-17-7-5-15(14)18-8-6-13(11-18)12(2)3/h5,7,10,12-13,16H,4,6,8-9,11H2,1-3H3. The van der Waals surface area contributed by atoms with Gasteiger partial charge in [-0.25, -0.2) is 0 Å². The number of anilines is 1. The molecule has 2 rings (SSSR count). The predicted molar refractivity (Wildman–Crippen MR) is 76.8 cm³/mol. The third kappa shape index (κ3) is 3.02. The summed E-state index contributed by atoms with van der Waals surface area (Å²) < 4.78 is 0. The molecule has 0 aliphatic carbocycles. The number of rotatable bonds is 5. The maximum Gasteiger partial charge on any atom is 0.0442 e. The summed E-state index contributed by atoms with van der Waals surface area (Å²) in [4.78, 5) is 6.78. The fourth-order valence-electron chi connectivity index (χ4n) is 2.67. The maximum atomic E-state index is 4.26. The first-order valence-electron chi connectivity index (χ1n) is 7.11. The van der Waals surface area contributed by atoms with Crippen LogP contribution in [0.3, 0.4) is 0 Å². The van der Waals surface area contributed by atoms with Crippen molar-refractivity contribution in [2.75, 3.05) is 24.5 Å². The fourth-order valence-corrected chi connectivity index (χ4v) is 2.67. The van der Waals surface area contributed by atoms with Crippen molar-refractivity contribution in [1.82, 2.24) is 10.3 Å². The van der Waals surface area contributed by atoms with Gasteiger partial charge in [-0.3, -0.25) is 4.98 Å². The van der Waals surface area contributed by atoms with Crippen molar-refractivity contribution in [2.24, 2.45) is 11.8 Å². The van der Waals surface area contributed by atoms with Crippen LogP contribution < -0.4 is 10.2 Å². The normalized spacial score (nSPS) is 19.8. The van der Waals surface area contributed by atoms with E-state index in [1.807, 2.05) is 12.4 Å². The quantitative estimate of drug-likeness (QED) is 0.867. The number of hydrogen-bond donors (Lipinski definition) is 1. The van der Waals surface area contributed by atoms with Crippen molar-refractivity contribution in [2.45, 2.75) is 33.7 Å². The molecule has 0 radical (unpaired) electrons. The Bertz CT molecular complexity index is 376. The summed E-state index contributed by atoms with van der Waals surface area (Å²) in [6.07, 6.45) is 5.23. The van der Waals surface area contributed by atoms with Crippen LogP contribution in [0.25, 0.3) is 0 Å². The van der Waals surface area contributed by atoms with E-state index >= 15 is 0 Å². The highest BCUT2D eigenvalue weighted by Crippen LogP contribution is 2.29. The molecule has 0 saturated carbocycles. The fraction of sp³-hybridized carbons (Fsp3) is 0.667. The lowest BCUT2D eigenvalue weighted by Gasteiger charge is -2.22. The molecule has 1 saturated heterocycles. The number of nitrogens with zero attached hydrogens (tertiary/aromatic N) is 2. The molecule has 100 valence electrons. The van der Waals surface area contributed by atoms with Gasteiger partial charge in [-0.2, -0.15) is 0 Å². The van der Waals surface area contributed by atoms with Crippen molar-refractivity contribution in [3.05, 3.63) is 24.0 Å². The molecule has 1 aromatic heterocycles. The molecule has 2 heterocycles. The molecule has 3 heteroatoms. The van der Waals surface area contributed by atoms with Gasteiger partial charge in [0, 0.05) is 43.3 Å². The molecular weight excluding hydrogens is 222 g/mol. The highest BCUT2D eigenvalue weighted by atomic mass is 15.2. The minimum Gasteiger partial charge on any atom is -0.371 e. The Morgan fingerprint density at radius 3 is 3.00 bits per heavy atom. The van der Waals surface area contributed by atoms with Crippen LogP contribution in [0, 0.1) is 11.8 Å². The lowest BCUT2D eigenvalue weighted by atomic mass is 9.95. The minimum absolute atomic E-state index is 0.786. The van der Waals surface area contributed by atoms with E-state index in [1.54, 1.807) is 0 Å². The summed E-state index contributed by atoms with van der Waals surface area (Å²) in [7, 11) is 0. The number of hydrogen-bond acceptors (Lipinski definition) is 3. The first-order chi connectivity index (χ1) is 8.72. The van der Waals surface area contributed by atoms with Crippen molar-refractivity contribution in [3.8, 4) is 0 Å². The highest BCUT2D eigenvalue weighted by Gasteiger charge is 2.26. The SMILES string of the molecule is CCNCc1cnccc1N1CCC(C(C)C)C1. The van der Waals surface area contributed by atoms with Gasteiger partial charge in [0.25, 0.3) is 0 Å². The summed E-state index contributed by atoms with van der Waals surface area (Å²) in [5.74, 6) is 1.62. The molecule has 1 atom stereocenters. The molecule has 0 bridgehead atoms. The molecule has 1 aromatic rings. The highest BCUT2D eigenvalue weighted by molar-refractivity contribution is 5.53. The minimum atomic E-state index is 0.786. The van der Waals surface area contributed by atoms with E-state index < -0.39 is 0 Å². The molecule has 0 spiro atoms. The Kier molecular flexibility index (Phi) is 4.59. The summed E-state index contributed by atoms with van der Waals surface area (Å²) in [6.45, 7) is 11.1. The van der Waals surface area contributed by atoms with Gasteiger partial charge in [0.05, 0.1) is 0 Å². The average molecular weight is 247 g/mol. The molecule has 1 N–H and O–H groups in total. The third-order valence-electron chi connectivity index (χ3n) is 3.95.